The summed E-state index contributed by atoms with van der Waals surface area (Å²) in [6, 6.07) is 3.19. The van der Waals surface area contributed by atoms with Crippen LogP contribution in [0.4, 0.5) is 18.9 Å². The number of aromatic amines is 1. The Balaban J connectivity index is 1.79. The molecule has 3 rings (SSSR count). The molecule has 0 atom stereocenters. The first-order chi connectivity index (χ1) is 13.3. The van der Waals surface area contributed by atoms with Crippen LogP contribution in [0.15, 0.2) is 40.6 Å². The summed E-state index contributed by atoms with van der Waals surface area (Å²) in [5, 5.41) is 7.26. The number of nitrogens with two attached hydrogens (primary N) is 2. The fourth-order valence-electron chi connectivity index (χ4n) is 3.10. The predicted octanol–water partition coefficient (Wildman–Crippen LogP) is 2.26. The number of hydrazine groups is 1. The van der Waals surface area contributed by atoms with Gasteiger partial charge in [-0.25, -0.2) is 24.1 Å². The molecule has 0 amide bonds. The molecule has 0 saturated heterocycles. The summed E-state index contributed by atoms with van der Waals surface area (Å²) in [6.45, 7) is 0.627. The number of rotatable bonds is 5. The normalized spacial score (nSPS) is 14.7. The molecule has 0 fully saturated rings. The maximum Gasteiger partial charge on any atom is 0.285 e. The monoisotopic (exact) mass is 414 g/mol. The minimum Gasteiger partial charge on any atom is -0.399 e. The second-order valence-electron chi connectivity index (χ2n) is 6.31. The van der Waals surface area contributed by atoms with Crippen LogP contribution in [0.2, 0.25) is 5.02 Å². The van der Waals surface area contributed by atoms with E-state index in [-0.39, 0.29) is 23.7 Å². The van der Waals surface area contributed by atoms with E-state index in [1.807, 2.05) is 0 Å². The summed E-state index contributed by atoms with van der Waals surface area (Å²) < 4.78 is 39.6. The molecule has 150 valence electrons. The Morgan fingerprint density at radius 3 is 2.82 bits per heavy atom. The Morgan fingerprint density at radius 2 is 2.14 bits per heavy atom. The fourth-order valence-corrected chi connectivity index (χ4v) is 3.31. The number of halogens is 4. The van der Waals surface area contributed by atoms with Gasteiger partial charge in [0, 0.05) is 24.2 Å². The van der Waals surface area contributed by atoms with Gasteiger partial charge in [-0.15, -0.1) is 0 Å². The average molecular weight is 415 g/mol. The molecule has 0 unspecified atom stereocenters. The molecule has 1 aliphatic rings. The quantitative estimate of drug-likeness (QED) is 0.512. The van der Waals surface area contributed by atoms with Crippen LogP contribution in [0.3, 0.4) is 0 Å². The molecule has 2 aromatic rings. The van der Waals surface area contributed by atoms with Crippen molar-refractivity contribution in [2.75, 3.05) is 18.0 Å². The van der Waals surface area contributed by atoms with Gasteiger partial charge in [0.1, 0.15) is 10.8 Å². The van der Waals surface area contributed by atoms with Crippen molar-refractivity contribution in [1.82, 2.24) is 15.2 Å². The summed E-state index contributed by atoms with van der Waals surface area (Å²) in [7, 11) is 0. The maximum atomic E-state index is 13.3. The van der Waals surface area contributed by atoms with Gasteiger partial charge < -0.3 is 15.6 Å². The van der Waals surface area contributed by atoms with Gasteiger partial charge in [0.25, 0.3) is 12.0 Å². The topological polar surface area (TPSA) is 104 Å². The zero-order chi connectivity index (χ0) is 20.4. The van der Waals surface area contributed by atoms with Crippen molar-refractivity contribution in [1.29, 1.82) is 0 Å². The molecule has 0 saturated carbocycles. The molecule has 28 heavy (non-hydrogen) atoms. The van der Waals surface area contributed by atoms with E-state index >= 15 is 0 Å². The largest absolute Gasteiger partial charge is 0.399 e. The molecule has 5 N–H and O–H groups in total. The molecule has 0 spiro atoms. The van der Waals surface area contributed by atoms with Crippen molar-refractivity contribution in [3.8, 4) is 0 Å². The highest BCUT2D eigenvalue weighted by atomic mass is 35.5. The molecule has 1 aliphatic heterocycles. The van der Waals surface area contributed by atoms with Gasteiger partial charge in [0.15, 0.2) is 0 Å². The van der Waals surface area contributed by atoms with Crippen molar-refractivity contribution in [3.05, 3.63) is 68.1 Å². The van der Waals surface area contributed by atoms with E-state index in [2.05, 4.69) is 10.2 Å². The SMILES string of the molecule is NC1=C(N(N)Cc2ccc(F)cc2C(F)F)CCN(c2cn[nH]c(=O)c2Cl)C1. The van der Waals surface area contributed by atoms with Gasteiger partial charge in [-0.2, -0.15) is 5.10 Å². The van der Waals surface area contributed by atoms with E-state index in [1.165, 1.54) is 17.3 Å². The van der Waals surface area contributed by atoms with Gasteiger partial charge in [0.05, 0.1) is 30.7 Å². The van der Waals surface area contributed by atoms with Crippen LogP contribution in [0, 0.1) is 5.82 Å². The average Bonchev–Trinajstić information content (AvgIpc) is 2.65. The highest BCUT2D eigenvalue weighted by molar-refractivity contribution is 6.33. The number of nitrogens with zero attached hydrogens (tertiary/aromatic N) is 3. The van der Waals surface area contributed by atoms with Gasteiger partial charge in [0.2, 0.25) is 0 Å². The highest BCUT2D eigenvalue weighted by Gasteiger charge is 2.24. The third-order valence-electron chi connectivity index (χ3n) is 4.50. The summed E-state index contributed by atoms with van der Waals surface area (Å²) in [6.07, 6.45) is -0.996. The van der Waals surface area contributed by atoms with Crippen LogP contribution in [0.25, 0.3) is 0 Å². The van der Waals surface area contributed by atoms with E-state index in [9.17, 15) is 18.0 Å². The molecule has 1 aromatic heterocycles. The van der Waals surface area contributed by atoms with Gasteiger partial charge in [-0.3, -0.25) is 4.79 Å². The standard InChI is InChI=1S/C17H18ClF3N6O/c18-15-14(6-24-25-17(15)28)26-4-3-13(12(22)8-26)27(23)7-9-1-2-10(19)5-11(9)16(20)21/h1-2,5-6,16H,3-4,7-8,22-23H2,(H,25,28). The predicted molar refractivity (Wildman–Crippen MR) is 99.0 cm³/mol. The van der Waals surface area contributed by atoms with Crippen LogP contribution in [0.5, 0.6) is 0 Å². The Bertz CT molecular complexity index is 964. The second-order valence-corrected chi connectivity index (χ2v) is 6.69. The second kappa shape index (κ2) is 8.11. The first-order valence-electron chi connectivity index (χ1n) is 8.32. The zero-order valence-electron chi connectivity index (χ0n) is 14.6. The molecule has 0 aliphatic carbocycles. The Morgan fingerprint density at radius 1 is 1.39 bits per heavy atom. The molecule has 2 heterocycles. The lowest BCUT2D eigenvalue weighted by atomic mass is 10.1. The van der Waals surface area contributed by atoms with Crippen LogP contribution in [0.1, 0.15) is 24.0 Å². The number of hydrogen-bond donors (Lipinski definition) is 3. The van der Waals surface area contributed by atoms with Crippen molar-refractivity contribution in [3.63, 3.8) is 0 Å². The molecule has 0 bridgehead atoms. The van der Waals surface area contributed by atoms with Gasteiger partial charge in [-0.05, 0) is 17.7 Å². The number of anilines is 1. The lowest BCUT2D eigenvalue weighted by Gasteiger charge is -2.34. The zero-order valence-corrected chi connectivity index (χ0v) is 15.4. The molecule has 7 nitrogen and oxygen atoms in total. The van der Waals surface area contributed by atoms with E-state index in [0.29, 0.717) is 30.0 Å². The van der Waals surface area contributed by atoms with E-state index in [1.54, 1.807) is 4.90 Å². The summed E-state index contributed by atoms with van der Waals surface area (Å²) in [5.41, 5.74) is 6.85. The van der Waals surface area contributed by atoms with Crippen LogP contribution in [-0.2, 0) is 6.54 Å². The van der Waals surface area contributed by atoms with Crippen molar-refractivity contribution < 1.29 is 13.2 Å². The van der Waals surface area contributed by atoms with E-state index in [4.69, 9.17) is 23.2 Å². The Labute approximate surface area is 163 Å². The highest BCUT2D eigenvalue weighted by Crippen LogP contribution is 2.28. The summed E-state index contributed by atoms with van der Waals surface area (Å²) in [5.74, 6) is 5.32. The number of H-pyrrole nitrogens is 1. The van der Waals surface area contributed by atoms with Crippen molar-refractivity contribution in [2.45, 2.75) is 19.4 Å². The van der Waals surface area contributed by atoms with Crippen molar-refractivity contribution >= 4 is 17.3 Å². The van der Waals surface area contributed by atoms with Gasteiger partial charge >= 0.3 is 0 Å². The van der Waals surface area contributed by atoms with E-state index < -0.39 is 23.4 Å². The van der Waals surface area contributed by atoms with Crippen LogP contribution < -0.4 is 22.0 Å². The van der Waals surface area contributed by atoms with Gasteiger partial charge in [-0.1, -0.05) is 17.7 Å². The molecular formula is C17H18ClF3N6O. The number of nitrogens with one attached hydrogen (secondary N) is 1. The minimum absolute atomic E-state index is 0.00346. The Hall–Kier alpha value is -2.72. The fraction of sp³-hybridized carbons (Fsp3) is 0.294. The number of alkyl halides is 2. The first-order valence-corrected chi connectivity index (χ1v) is 8.70. The number of aromatic nitrogens is 2. The summed E-state index contributed by atoms with van der Waals surface area (Å²) >= 11 is 6.02. The third kappa shape index (κ3) is 4.07. The molecule has 11 heteroatoms. The maximum absolute atomic E-state index is 13.3. The summed E-state index contributed by atoms with van der Waals surface area (Å²) in [4.78, 5) is 13.4. The number of hydrogen-bond acceptors (Lipinski definition) is 6. The van der Waals surface area contributed by atoms with Crippen molar-refractivity contribution in [2.24, 2.45) is 11.6 Å². The van der Waals surface area contributed by atoms with Crippen LogP contribution >= 0.6 is 11.6 Å². The number of benzene rings is 1. The molecule has 0 radical (unpaired) electrons. The third-order valence-corrected chi connectivity index (χ3v) is 4.86. The Kier molecular flexibility index (Phi) is 5.80. The molecule has 1 aromatic carbocycles. The molecular weight excluding hydrogens is 397 g/mol. The lowest BCUT2D eigenvalue weighted by molar-refractivity contribution is 0.148. The lowest BCUT2D eigenvalue weighted by Crippen LogP contribution is -2.42. The van der Waals surface area contributed by atoms with Crippen LogP contribution in [-0.4, -0.2) is 28.3 Å². The minimum atomic E-state index is -2.82. The smallest absolute Gasteiger partial charge is 0.285 e. The van der Waals surface area contributed by atoms with E-state index in [0.717, 1.165) is 12.1 Å². The first kappa shape index (κ1) is 20.0.